The maximum atomic E-state index is 11.4. The van der Waals surface area contributed by atoms with Gasteiger partial charge in [0.15, 0.2) is 11.4 Å². The Morgan fingerprint density at radius 2 is 1.30 bits per heavy atom. The lowest BCUT2D eigenvalue weighted by Crippen LogP contribution is -2.30. The zero-order valence-corrected chi connectivity index (χ0v) is 17.3. The van der Waals surface area contributed by atoms with Crippen LogP contribution >= 0.6 is 23.1 Å². The van der Waals surface area contributed by atoms with Crippen molar-refractivity contribution in [2.24, 2.45) is 5.84 Å². The summed E-state index contributed by atoms with van der Waals surface area (Å²) >= 11 is 2.35. The van der Waals surface area contributed by atoms with Gasteiger partial charge in [0.2, 0.25) is 0 Å². The molecule has 4 aromatic rings. The van der Waals surface area contributed by atoms with Crippen molar-refractivity contribution in [2.45, 2.75) is 0 Å². The molecule has 0 bridgehead atoms. The van der Waals surface area contributed by atoms with Crippen LogP contribution in [0, 0.1) is 0 Å². The molecule has 30 heavy (non-hydrogen) atoms. The Kier molecular flexibility index (Phi) is 7.27. The van der Waals surface area contributed by atoms with Gasteiger partial charge in [-0.1, -0.05) is 69.6 Å². The van der Waals surface area contributed by atoms with E-state index in [0.29, 0.717) is 0 Å². The van der Waals surface area contributed by atoms with E-state index in [-0.39, 0.29) is 11.4 Å². The first-order valence-electron chi connectivity index (χ1n) is 8.50. The predicted octanol–water partition coefficient (Wildman–Crippen LogP) is 2.80. The molecule has 0 atom stereocenters. The molecule has 2 heterocycles. The van der Waals surface area contributed by atoms with Crippen molar-refractivity contribution in [1.82, 2.24) is 24.6 Å². The molecule has 0 aliphatic rings. The summed E-state index contributed by atoms with van der Waals surface area (Å²) in [6.45, 7) is 0. The maximum absolute atomic E-state index is 11.4. The highest BCUT2D eigenvalue weighted by molar-refractivity contribution is 7.10. The number of hydrazine groups is 1. The van der Waals surface area contributed by atoms with Crippen molar-refractivity contribution < 1.29 is 14.3 Å². The van der Waals surface area contributed by atoms with E-state index in [1.165, 1.54) is 30.2 Å². The standard InChI is InChI=1S/C10H8N2O2S.C9H8N4OS/c1-14-10(13)8-9(15-12-11-8)7-5-3-2-4-6-7;10-11-9(14)7-8(15-13-12-7)6-4-2-1-3-5-6/h2-6H,1H3;1-5H,10H2,(H,11,14). The number of hydrogen-bond acceptors (Lipinski definition) is 10. The third-order valence-corrected chi connectivity index (χ3v) is 5.32. The first-order chi connectivity index (χ1) is 14.7. The zero-order chi connectivity index (χ0) is 21.3. The molecule has 1 amide bonds. The summed E-state index contributed by atoms with van der Waals surface area (Å²) in [5.41, 5.74) is 4.41. The van der Waals surface area contributed by atoms with Crippen LogP contribution in [0.2, 0.25) is 0 Å². The van der Waals surface area contributed by atoms with E-state index < -0.39 is 11.9 Å². The molecule has 2 aromatic heterocycles. The summed E-state index contributed by atoms with van der Waals surface area (Å²) in [5.74, 6) is 4.16. The first kappa shape index (κ1) is 21.2. The second kappa shape index (κ2) is 10.3. The average Bonchev–Trinajstić information content (AvgIpc) is 3.50. The molecule has 3 N–H and O–H groups in total. The van der Waals surface area contributed by atoms with Crippen LogP contribution in [0.4, 0.5) is 0 Å². The molecule has 0 aliphatic carbocycles. The van der Waals surface area contributed by atoms with Gasteiger partial charge >= 0.3 is 5.97 Å². The molecular weight excluding hydrogens is 424 g/mol. The number of nitrogens with one attached hydrogen (secondary N) is 1. The van der Waals surface area contributed by atoms with E-state index in [4.69, 9.17) is 5.84 Å². The lowest BCUT2D eigenvalue weighted by molar-refractivity contribution is 0.0594. The molecule has 0 fully saturated rings. The van der Waals surface area contributed by atoms with E-state index in [2.05, 4.69) is 23.9 Å². The Morgan fingerprint density at radius 3 is 1.77 bits per heavy atom. The second-order valence-corrected chi connectivity index (χ2v) is 7.11. The van der Waals surface area contributed by atoms with Gasteiger partial charge in [-0.2, -0.15) is 0 Å². The quantitative estimate of drug-likeness (QED) is 0.214. The summed E-state index contributed by atoms with van der Waals surface area (Å²) in [6, 6.07) is 19.0. The Labute approximate surface area is 179 Å². The fraction of sp³-hybridized carbons (Fsp3) is 0.0526. The number of hydrogen-bond donors (Lipinski definition) is 2. The number of nitrogens with zero attached hydrogens (tertiary/aromatic N) is 4. The summed E-state index contributed by atoms with van der Waals surface area (Å²) in [4.78, 5) is 24.1. The van der Waals surface area contributed by atoms with Gasteiger partial charge < -0.3 is 4.74 Å². The van der Waals surface area contributed by atoms with Gasteiger partial charge in [0, 0.05) is 0 Å². The highest BCUT2D eigenvalue weighted by Gasteiger charge is 2.18. The van der Waals surface area contributed by atoms with Crippen LogP contribution < -0.4 is 11.3 Å². The van der Waals surface area contributed by atoms with Gasteiger partial charge in [-0.3, -0.25) is 10.2 Å². The highest BCUT2D eigenvalue weighted by atomic mass is 32.1. The van der Waals surface area contributed by atoms with Crippen LogP contribution in [0.1, 0.15) is 21.0 Å². The smallest absolute Gasteiger partial charge is 0.360 e. The second-order valence-electron chi connectivity index (χ2n) is 5.60. The van der Waals surface area contributed by atoms with Gasteiger partial charge in [0.25, 0.3) is 5.91 Å². The lowest BCUT2D eigenvalue weighted by atomic mass is 10.1. The van der Waals surface area contributed by atoms with Crippen molar-refractivity contribution >= 4 is 34.9 Å². The summed E-state index contributed by atoms with van der Waals surface area (Å²) < 4.78 is 12.1. The van der Waals surface area contributed by atoms with Crippen LogP contribution in [-0.4, -0.2) is 38.2 Å². The van der Waals surface area contributed by atoms with E-state index in [0.717, 1.165) is 20.9 Å². The van der Waals surface area contributed by atoms with Gasteiger partial charge in [-0.05, 0) is 34.2 Å². The first-order valence-corrected chi connectivity index (χ1v) is 10.0. The minimum absolute atomic E-state index is 0.258. The summed E-state index contributed by atoms with van der Waals surface area (Å²) in [6.07, 6.45) is 0. The fourth-order valence-electron chi connectivity index (χ4n) is 2.39. The van der Waals surface area contributed by atoms with Crippen molar-refractivity contribution in [3.05, 3.63) is 72.1 Å². The topological polar surface area (TPSA) is 133 Å². The Balaban J connectivity index is 0.000000171. The maximum Gasteiger partial charge on any atom is 0.360 e. The molecule has 0 unspecified atom stereocenters. The Bertz CT molecular complexity index is 1030. The molecule has 4 rings (SSSR count). The van der Waals surface area contributed by atoms with Gasteiger partial charge in [0.1, 0.15) is 0 Å². The Morgan fingerprint density at radius 1 is 0.833 bits per heavy atom. The molecule has 152 valence electrons. The third kappa shape index (κ3) is 4.89. The molecule has 9 nitrogen and oxygen atoms in total. The van der Waals surface area contributed by atoms with Crippen molar-refractivity contribution in [1.29, 1.82) is 0 Å². The van der Waals surface area contributed by atoms with Crippen LogP contribution in [-0.2, 0) is 4.74 Å². The number of carbonyl (C=O) groups excluding carboxylic acids is 2. The fourth-order valence-corrected chi connectivity index (χ4v) is 3.71. The van der Waals surface area contributed by atoms with Crippen molar-refractivity contribution in [3.8, 4) is 20.9 Å². The molecule has 2 aromatic carbocycles. The van der Waals surface area contributed by atoms with Crippen molar-refractivity contribution in [2.75, 3.05) is 7.11 Å². The number of nitrogen functional groups attached to an aromatic ring is 1. The molecule has 0 aliphatic heterocycles. The van der Waals surface area contributed by atoms with Gasteiger partial charge in [-0.25, -0.2) is 10.6 Å². The van der Waals surface area contributed by atoms with Crippen LogP contribution in [0.3, 0.4) is 0 Å². The Hall–Kier alpha value is -3.54. The zero-order valence-electron chi connectivity index (χ0n) is 15.7. The van der Waals surface area contributed by atoms with E-state index in [1.54, 1.807) is 0 Å². The van der Waals surface area contributed by atoms with Gasteiger partial charge in [-0.15, -0.1) is 10.2 Å². The summed E-state index contributed by atoms with van der Waals surface area (Å²) in [7, 11) is 1.33. The number of methoxy groups -OCH3 is 1. The largest absolute Gasteiger partial charge is 0.464 e. The SMILES string of the molecule is COC(=O)c1nnsc1-c1ccccc1.NNC(=O)c1nnsc1-c1ccccc1. The van der Waals surface area contributed by atoms with Crippen molar-refractivity contribution in [3.63, 3.8) is 0 Å². The summed E-state index contributed by atoms with van der Waals surface area (Å²) in [5, 5.41) is 7.50. The van der Waals surface area contributed by atoms with Gasteiger partial charge in [0.05, 0.1) is 16.9 Å². The number of rotatable bonds is 4. The predicted molar refractivity (Wildman–Crippen MR) is 114 cm³/mol. The van der Waals surface area contributed by atoms with E-state index in [1.807, 2.05) is 66.1 Å². The van der Waals surface area contributed by atoms with E-state index in [9.17, 15) is 9.59 Å². The highest BCUT2D eigenvalue weighted by Crippen LogP contribution is 2.26. The van der Waals surface area contributed by atoms with Crippen LogP contribution in [0.15, 0.2) is 60.7 Å². The number of amides is 1. The molecule has 0 saturated heterocycles. The molecule has 0 radical (unpaired) electrons. The van der Waals surface area contributed by atoms with Crippen LogP contribution in [0.5, 0.6) is 0 Å². The molecule has 0 saturated carbocycles. The minimum Gasteiger partial charge on any atom is -0.464 e. The molecule has 11 heteroatoms. The number of benzene rings is 2. The lowest BCUT2D eigenvalue weighted by Gasteiger charge is -1.98. The minimum atomic E-state index is -0.456. The number of ether oxygens (including phenoxy) is 1. The number of esters is 1. The molecule has 0 spiro atoms. The van der Waals surface area contributed by atoms with E-state index >= 15 is 0 Å². The number of nitrogens with two attached hydrogens (primary N) is 1. The average molecular weight is 441 g/mol. The monoisotopic (exact) mass is 440 g/mol. The molecular formula is C19H16N6O3S2. The number of carbonyl (C=O) groups is 2. The normalized spacial score (nSPS) is 9.93. The number of aromatic nitrogens is 4. The van der Waals surface area contributed by atoms with Crippen LogP contribution in [0.25, 0.3) is 20.9 Å². The third-order valence-electron chi connectivity index (χ3n) is 3.77.